The molecule has 1 unspecified atom stereocenters. The van der Waals surface area contributed by atoms with Gasteiger partial charge in [0.05, 0.1) is 0 Å². The van der Waals surface area contributed by atoms with Gasteiger partial charge < -0.3 is 10.3 Å². The van der Waals surface area contributed by atoms with E-state index >= 15 is 0 Å². The topological polar surface area (TPSA) is 30.9 Å². The van der Waals surface area contributed by atoms with Crippen LogP contribution in [0.25, 0.3) is 10.9 Å². The molecule has 120 valence electrons. The maximum absolute atomic E-state index is 14.1. The Balaban J connectivity index is 2.05. The minimum absolute atomic E-state index is 0.0297. The van der Waals surface area contributed by atoms with Gasteiger partial charge in [-0.2, -0.15) is 0 Å². The summed E-state index contributed by atoms with van der Waals surface area (Å²) in [5, 5.41) is 1.64. The first-order valence-corrected chi connectivity index (χ1v) is 8.24. The minimum atomic E-state index is -0.268. The van der Waals surface area contributed by atoms with Crippen molar-refractivity contribution in [2.45, 2.75) is 25.8 Å². The van der Waals surface area contributed by atoms with Crippen LogP contribution in [0, 0.1) is 5.82 Å². The summed E-state index contributed by atoms with van der Waals surface area (Å²) in [5.74, 6) is -0.239. The van der Waals surface area contributed by atoms with Crippen molar-refractivity contribution in [1.82, 2.24) is 4.57 Å². The Labute approximate surface area is 140 Å². The van der Waals surface area contributed by atoms with Crippen molar-refractivity contribution in [1.29, 1.82) is 0 Å². The maximum atomic E-state index is 14.1. The molecule has 0 aliphatic rings. The molecule has 2 aromatic carbocycles. The second kappa shape index (κ2) is 6.73. The summed E-state index contributed by atoms with van der Waals surface area (Å²) in [6.45, 7) is 3.45. The third-order valence-corrected chi connectivity index (χ3v) is 4.75. The van der Waals surface area contributed by atoms with E-state index in [2.05, 4.69) is 29.8 Å². The van der Waals surface area contributed by atoms with Crippen molar-refractivity contribution in [3.63, 3.8) is 0 Å². The number of hydrogen-bond acceptors (Lipinski definition) is 1. The third kappa shape index (κ3) is 2.99. The van der Waals surface area contributed by atoms with Gasteiger partial charge in [0.25, 0.3) is 0 Å². The molecule has 0 fully saturated rings. The van der Waals surface area contributed by atoms with E-state index in [9.17, 15) is 4.39 Å². The molecule has 23 heavy (non-hydrogen) atoms. The number of benzene rings is 2. The van der Waals surface area contributed by atoms with E-state index in [4.69, 9.17) is 17.3 Å². The van der Waals surface area contributed by atoms with Gasteiger partial charge in [0, 0.05) is 40.1 Å². The van der Waals surface area contributed by atoms with Gasteiger partial charge in [-0.3, -0.25) is 0 Å². The quantitative estimate of drug-likeness (QED) is 0.719. The zero-order chi connectivity index (χ0) is 16.4. The van der Waals surface area contributed by atoms with Crippen molar-refractivity contribution < 1.29 is 4.39 Å². The van der Waals surface area contributed by atoms with Crippen LogP contribution in [-0.4, -0.2) is 11.1 Å². The summed E-state index contributed by atoms with van der Waals surface area (Å²) >= 11 is 6.18. The molecule has 1 heterocycles. The van der Waals surface area contributed by atoms with E-state index < -0.39 is 0 Å². The molecule has 2 nitrogen and oxygen atoms in total. The van der Waals surface area contributed by atoms with Crippen LogP contribution in [0.2, 0.25) is 5.02 Å². The molecule has 4 heteroatoms. The molecular weight excluding hydrogens is 311 g/mol. The Morgan fingerprint density at radius 1 is 1.17 bits per heavy atom. The summed E-state index contributed by atoms with van der Waals surface area (Å²) in [7, 11) is 0. The molecule has 0 bridgehead atoms. The van der Waals surface area contributed by atoms with Crippen LogP contribution >= 0.6 is 11.6 Å². The van der Waals surface area contributed by atoms with Crippen LogP contribution < -0.4 is 5.73 Å². The molecule has 0 aliphatic heterocycles. The molecule has 3 aromatic rings. The first kappa shape index (κ1) is 16.0. The van der Waals surface area contributed by atoms with Gasteiger partial charge in [-0.05, 0) is 43.7 Å². The summed E-state index contributed by atoms with van der Waals surface area (Å²) in [4.78, 5) is 0. The third-order valence-electron chi connectivity index (χ3n) is 4.40. The first-order chi connectivity index (χ1) is 11.2. The molecule has 0 amide bonds. The Bertz CT molecular complexity index is 805. The smallest absolute Gasteiger partial charge is 0.127 e. The van der Waals surface area contributed by atoms with Crippen molar-refractivity contribution in [3.8, 4) is 0 Å². The lowest BCUT2D eigenvalue weighted by Crippen LogP contribution is -2.15. The monoisotopic (exact) mass is 330 g/mol. The second-order valence-electron chi connectivity index (χ2n) is 5.72. The van der Waals surface area contributed by atoms with Crippen molar-refractivity contribution in [2.75, 3.05) is 6.54 Å². The predicted molar refractivity (Wildman–Crippen MR) is 94.5 cm³/mol. The zero-order valence-electron chi connectivity index (χ0n) is 13.1. The van der Waals surface area contributed by atoms with Crippen LogP contribution in [0.4, 0.5) is 4.39 Å². The molecule has 1 atom stereocenters. The van der Waals surface area contributed by atoms with Gasteiger partial charge in [-0.1, -0.05) is 35.9 Å². The lowest BCUT2D eigenvalue weighted by molar-refractivity contribution is 0.590. The van der Waals surface area contributed by atoms with Gasteiger partial charge in [0.2, 0.25) is 0 Å². The number of nitrogens with two attached hydrogens (primary N) is 1. The molecule has 3 rings (SSSR count). The molecule has 0 spiro atoms. The average Bonchev–Trinajstić information content (AvgIpc) is 2.94. The summed E-state index contributed by atoms with van der Waals surface area (Å²) in [6, 6.07) is 13.1. The largest absolute Gasteiger partial charge is 0.347 e. The number of para-hydroxylation sites is 1. The summed E-state index contributed by atoms with van der Waals surface area (Å²) in [6.07, 6.45) is 2.64. The molecule has 2 N–H and O–H groups in total. The second-order valence-corrected chi connectivity index (χ2v) is 6.13. The fourth-order valence-electron chi connectivity index (χ4n) is 3.16. The zero-order valence-corrected chi connectivity index (χ0v) is 13.9. The Kier molecular flexibility index (Phi) is 4.69. The highest BCUT2D eigenvalue weighted by atomic mass is 35.5. The number of nitrogens with zero attached hydrogens (tertiary/aromatic N) is 1. The van der Waals surface area contributed by atoms with Gasteiger partial charge in [0.15, 0.2) is 0 Å². The van der Waals surface area contributed by atoms with E-state index in [-0.39, 0.29) is 11.7 Å². The van der Waals surface area contributed by atoms with Crippen LogP contribution in [-0.2, 0) is 13.0 Å². The maximum Gasteiger partial charge on any atom is 0.127 e. The molecule has 0 saturated heterocycles. The highest BCUT2D eigenvalue weighted by Gasteiger charge is 2.19. The number of halogens is 2. The Morgan fingerprint density at radius 3 is 2.65 bits per heavy atom. The highest BCUT2D eigenvalue weighted by molar-refractivity contribution is 6.31. The SMILES string of the molecule is CCn1cc(C(CN)Cc2c(F)cccc2Cl)c2ccccc21. The number of rotatable bonds is 5. The normalized spacial score (nSPS) is 12.7. The lowest BCUT2D eigenvalue weighted by Gasteiger charge is -2.16. The van der Waals surface area contributed by atoms with Gasteiger partial charge >= 0.3 is 0 Å². The van der Waals surface area contributed by atoms with Crippen LogP contribution in [0.3, 0.4) is 0 Å². The Hall–Kier alpha value is -1.84. The van der Waals surface area contributed by atoms with Gasteiger partial charge in [-0.25, -0.2) is 4.39 Å². The molecule has 0 radical (unpaired) electrons. The van der Waals surface area contributed by atoms with Crippen LogP contribution in [0.15, 0.2) is 48.7 Å². The highest BCUT2D eigenvalue weighted by Crippen LogP contribution is 2.32. The van der Waals surface area contributed by atoms with Crippen LogP contribution in [0.1, 0.15) is 24.0 Å². The van der Waals surface area contributed by atoms with E-state index in [1.807, 2.05) is 12.1 Å². The van der Waals surface area contributed by atoms with E-state index in [0.717, 1.165) is 12.1 Å². The molecule has 0 saturated carbocycles. The predicted octanol–water partition coefficient (Wildman–Crippen LogP) is 4.74. The number of aromatic nitrogens is 1. The summed E-state index contributed by atoms with van der Waals surface area (Å²) < 4.78 is 16.3. The fourth-order valence-corrected chi connectivity index (χ4v) is 3.40. The van der Waals surface area contributed by atoms with E-state index in [0.29, 0.717) is 23.6 Å². The number of aryl methyl sites for hydroxylation is 1. The van der Waals surface area contributed by atoms with Crippen molar-refractivity contribution in [2.24, 2.45) is 5.73 Å². The first-order valence-electron chi connectivity index (χ1n) is 7.86. The van der Waals surface area contributed by atoms with E-state index in [1.54, 1.807) is 12.1 Å². The van der Waals surface area contributed by atoms with Crippen molar-refractivity contribution >= 4 is 22.5 Å². The Morgan fingerprint density at radius 2 is 1.96 bits per heavy atom. The fraction of sp³-hybridized carbons (Fsp3) is 0.263. The minimum Gasteiger partial charge on any atom is -0.347 e. The standard InChI is InChI=1S/C19H20ClFN2/c1-2-23-12-16(14-6-3-4-9-19(14)23)13(11-22)10-15-17(20)7-5-8-18(15)21/h3-9,12-13H,2,10-11,22H2,1H3. The average molecular weight is 331 g/mol. The summed E-state index contributed by atoms with van der Waals surface area (Å²) in [5.41, 5.74) is 8.90. The molecule has 1 aromatic heterocycles. The number of hydrogen-bond donors (Lipinski definition) is 1. The molecule has 0 aliphatic carbocycles. The van der Waals surface area contributed by atoms with Gasteiger partial charge in [-0.15, -0.1) is 0 Å². The number of fused-ring (bicyclic) bond motifs is 1. The lowest BCUT2D eigenvalue weighted by atomic mass is 9.91. The van der Waals surface area contributed by atoms with Gasteiger partial charge in [0.1, 0.15) is 5.82 Å². The van der Waals surface area contributed by atoms with Crippen LogP contribution in [0.5, 0.6) is 0 Å². The molecular formula is C19H20ClFN2. The van der Waals surface area contributed by atoms with E-state index in [1.165, 1.54) is 17.0 Å². The van der Waals surface area contributed by atoms with Crippen molar-refractivity contribution in [3.05, 3.63) is 70.6 Å².